The van der Waals surface area contributed by atoms with Crippen LogP contribution < -0.4 is 19.5 Å². The summed E-state index contributed by atoms with van der Waals surface area (Å²) in [5, 5.41) is 2.97. The van der Waals surface area contributed by atoms with Crippen molar-refractivity contribution in [2.75, 3.05) is 33.2 Å². The van der Waals surface area contributed by atoms with E-state index in [4.69, 9.17) is 14.2 Å². The molecule has 0 unspecified atom stereocenters. The molecular weight excluding hydrogens is 296 g/mol. The molecule has 6 nitrogen and oxygen atoms in total. The Hall–Kier alpha value is -2.11. The van der Waals surface area contributed by atoms with Crippen LogP contribution >= 0.6 is 0 Å². The summed E-state index contributed by atoms with van der Waals surface area (Å²) in [5.41, 5.74) is 0.644. The van der Waals surface area contributed by atoms with E-state index in [1.54, 1.807) is 33.5 Å². The summed E-state index contributed by atoms with van der Waals surface area (Å²) in [5.74, 6) is 2.24. The third-order valence-corrected chi connectivity index (χ3v) is 4.89. The lowest BCUT2D eigenvalue weighted by Gasteiger charge is -2.45. The molecule has 2 saturated heterocycles. The first-order valence-corrected chi connectivity index (χ1v) is 8.04. The Morgan fingerprint density at radius 3 is 2.09 bits per heavy atom. The summed E-state index contributed by atoms with van der Waals surface area (Å²) in [7, 11) is 4.68. The van der Waals surface area contributed by atoms with Gasteiger partial charge in [0.25, 0.3) is 0 Å². The Morgan fingerprint density at radius 1 is 1.04 bits per heavy atom. The summed E-state index contributed by atoms with van der Waals surface area (Å²) in [6.07, 6.45) is 4.73. The normalized spacial score (nSPS) is 22.7. The molecule has 2 aliphatic heterocycles. The van der Waals surface area contributed by atoms with Crippen LogP contribution in [0.2, 0.25) is 0 Å². The fourth-order valence-corrected chi connectivity index (χ4v) is 3.66. The molecule has 1 saturated carbocycles. The minimum Gasteiger partial charge on any atom is -0.493 e. The number of ether oxygens (including phenoxy) is 3. The van der Waals surface area contributed by atoms with Gasteiger partial charge >= 0.3 is 6.03 Å². The molecule has 0 atom stereocenters. The number of methoxy groups -OCH3 is 3. The summed E-state index contributed by atoms with van der Waals surface area (Å²) in [6, 6.07) is 3.83. The van der Waals surface area contributed by atoms with Crippen LogP contribution in [-0.2, 0) is 0 Å². The van der Waals surface area contributed by atoms with Crippen LogP contribution in [0.4, 0.5) is 10.5 Å². The quantitative estimate of drug-likeness (QED) is 0.926. The zero-order valence-corrected chi connectivity index (χ0v) is 13.9. The van der Waals surface area contributed by atoms with Crippen LogP contribution in [0.25, 0.3) is 0 Å². The van der Waals surface area contributed by atoms with Gasteiger partial charge in [-0.15, -0.1) is 0 Å². The van der Waals surface area contributed by atoms with Crippen molar-refractivity contribution in [3.8, 4) is 17.2 Å². The van der Waals surface area contributed by atoms with Gasteiger partial charge in [-0.1, -0.05) is 0 Å². The molecule has 3 aliphatic rings. The van der Waals surface area contributed by atoms with Crippen molar-refractivity contribution in [1.29, 1.82) is 0 Å². The number of anilines is 1. The van der Waals surface area contributed by atoms with Crippen molar-refractivity contribution in [1.82, 2.24) is 4.90 Å². The van der Waals surface area contributed by atoms with E-state index in [1.165, 1.54) is 12.8 Å². The average molecular weight is 320 g/mol. The summed E-state index contributed by atoms with van der Waals surface area (Å²) in [6.45, 7) is 0.862. The third kappa shape index (κ3) is 3.02. The Labute approximate surface area is 136 Å². The topological polar surface area (TPSA) is 60.0 Å². The van der Waals surface area contributed by atoms with Gasteiger partial charge in [0.1, 0.15) is 0 Å². The molecule has 3 fully saturated rings. The standard InChI is InChI=1S/C17H24N2O4/c1-21-14-8-12(9-15(22-2)16(14)23-3)18-17(20)19-10-11-4-6-13(19)7-5-11/h8-9,11,13H,4-7,10H2,1-3H3,(H,18,20). The number of hydrogen-bond donors (Lipinski definition) is 1. The molecule has 2 amide bonds. The van der Waals surface area contributed by atoms with Crippen LogP contribution in [0.5, 0.6) is 17.2 Å². The lowest BCUT2D eigenvalue weighted by atomic mass is 9.80. The van der Waals surface area contributed by atoms with E-state index in [0.29, 0.717) is 34.9 Å². The first-order valence-electron chi connectivity index (χ1n) is 8.04. The van der Waals surface area contributed by atoms with Crippen LogP contribution in [0.15, 0.2) is 12.1 Å². The highest BCUT2D eigenvalue weighted by Crippen LogP contribution is 2.40. The maximum Gasteiger partial charge on any atom is 0.322 e. The molecule has 1 N–H and O–H groups in total. The molecule has 6 heteroatoms. The number of urea groups is 1. The van der Waals surface area contributed by atoms with Gasteiger partial charge in [0.2, 0.25) is 5.75 Å². The van der Waals surface area contributed by atoms with Gasteiger partial charge in [0.05, 0.1) is 27.0 Å². The molecule has 1 aromatic carbocycles. The van der Waals surface area contributed by atoms with Crippen LogP contribution in [0.3, 0.4) is 0 Å². The van der Waals surface area contributed by atoms with E-state index in [-0.39, 0.29) is 6.03 Å². The molecule has 4 rings (SSSR count). The zero-order valence-electron chi connectivity index (χ0n) is 13.9. The number of carbonyl (C=O) groups is 1. The number of nitrogens with zero attached hydrogens (tertiary/aromatic N) is 1. The molecule has 0 aromatic heterocycles. The predicted octanol–water partition coefficient (Wildman–Crippen LogP) is 3.12. The summed E-state index contributed by atoms with van der Waals surface area (Å²) >= 11 is 0. The van der Waals surface area contributed by atoms with Gasteiger partial charge in [-0.05, 0) is 31.6 Å². The molecule has 2 heterocycles. The minimum atomic E-state index is -0.0475. The van der Waals surface area contributed by atoms with Crippen molar-refractivity contribution < 1.29 is 19.0 Å². The highest BCUT2D eigenvalue weighted by molar-refractivity contribution is 5.90. The van der Waals surface area contributed by atoms with Crippen molar-refractivity contribution in [3.05, 3.63) is 12.1 Å². The molecular formula is C17H24N2O4. The van der Waals surface area contributed by atoms with E-state index in [9.17, 15) is 4.79 Å². The molecule has 0 spiro atoms. The summed E-state index contributed by atoms with van der Waals surface area (Å²) in [4.78, 5) is 14.6. The number of benzene rings is 1. The van der Waals surface area contributed by atoms with Crippen molar-refractivity contribution >= 4 is 11.7 Å². The highest BCUT2D eigenvalue weighted by Gasteiger charge is 2.36. The molecule has 0 radical (unpaired) electrons. The van der Waals surface area contributed by atoms with Gasteiger partial charge in [-0.3, -0.25) is 0 Å². The van der Waals surface area contributed by atoms with E-state index in [0.717, 1.165) is 19.4 Å². The van der Waals surface area contributed by atoms with Crippen LogP contribution in [0, 0.1) is 5.92 Å². The number of amides is 2. The second kappa shape index (κ2) is 6.56. The van der Waals surface area contributed by atoms with Gasteiger partial charge in [-0.25, -0.2) is 4.79 Å². The molecule has 1 aromatic rings. The largest absolute Gasteiger partial charge is 0.493 e. The van der Waals surface area contributed by atoms with Gasteiger partial charge in [0, 0.05) is 24.7 Å². The number of hydrogen-bond acceptors (Lipinski definition) is 4. The highest BCUT2D eigenvalue weighted by atomic mass is 16.5. The number of rotatable bonds is 4. The number of carbonyl (C=O) groups excluding carboxylic acids is 1. The second-order valence-corrected chi connectivity index (χ2v) is 6.17. The zero-order chi connectivity index (χ0) is 16.4. The first kappa shape index (κ1) is 15.8. The third-order valence-electron chi connectivity index (χ3n) is 4.89. The van der Waals surface area contributed by atoms with E-state index >= 15 is 0 Å². The maximum atomic E-state index is 12.6. The maximum absolute atomic E-state index is 12.6. The smallest absolute Gasteiger partial charge is 0.322 e. The number of fused-ring (bicyclic) bond motifs is 3. The monoisotopic (exact) mass is 320 g/mol. The second-order valence-electron chi connectivity index (χ2n) is 6.17. The fraction of sp³-hybridized carbons (Fsp3) is 0.588. The Morgan fingerprint density at radius 2 is 1.65 bits per heavy atom. The first-order chi connectivity index (χ1) is 11.2. The van der Waals surface area contributed by atoms with E-state index < -0.39 is 0 Å². The van der Waals surface area contributed by atoms with Crippen LogP contribution in [0.1, 0.15) is 25.7 Å². The lowest BCUT2D eigenvalue weighted by Crippen LogP contribution is -2.52. The van der Waals surface area contributed by atoms with Crippen molar-refractivity contribution in [2.45, 2.75) is 31.7 Å². The van der Waals surface area contributed by atoms with E-state index in [2.05, 4.69) is 5.32 Å². The number of piperidine rings is 2. The fourth-order valence-electron chi connectivity index (χ4n) is 3.66. The lowest BCUT2D eigenvalue weighted by molar-refractivity contribution is 0.0816. The average Bonchev–Trinajstić information content (AvgIpc) is 2.61. The SMILES string of the molecule is COc1cc(NC(=O)N2CC3CCC2CC3)cc(OC)c1OC. The van der Waals surface area contributed by atoms with Crippen molar-refractivity contribution in [3.63, 3.8) is 0 Å². The van der Waals surface area contributed by atoms with Gasteiger partial charge in [0.15, 0.2) is 11.5 Å². The molecule has 2 bridgehead atoms. The predicted molar refractivity (Wildman–Crippen MR) is 87.6 cm³/mol. The molecule has 1 aliphatic carbocycles. The molecule has 23 heavy (non-hydrogen) atoms. The summed E-state index contributed by atoms with van der Waals surface area (Å²) < 4.78 is 16.0. The number of nitrogens with one attached hydrogen (secondary N) is 1. The Balaban J connectivity index is 1.78. The molecule has 126 valence electrons. The van der Waals surface area contributed by atoms with Gasteiger partial charge in [-0.2, -0.15) is 0 Å². The Bertz CT molecular complexity index is 557. The van der Waals surface area contributed by atoms with Crippen molar-refractivity contribution in [2.24, 2.45) is 5.92 Å². The van der Waals surface area contributed by atoms with Crippen LogP contribution in [-0.4, -0.2) is 44.8 Å². The Kier molecular flexibility index (Phi) is 4.50. The van der Waals surface area contributed by atoms with E-state index in [1.807, 2.05) is 4.90 Å². The van der Waals surface area contributed by atoms with Gasteiger partial charge < -0.3 is 24.4 Å². The minimum absolute atomic E-state index is 0.0475.